The maximum absolute atomic E-state index is 5.26. The van der Waals surface area contributed by atoms with Gasteiger partial charge < -0.3 is 4.57 Å². The first-order valence-corrected chi connectivity index (χ1v) is 17.6. The zero-order chi connectivity index (χ0) is 34.4. The number of aromatic nitrogens is 3. The van der Waals surface area contributed by atoms with E-state index < -0.39 is 0 Å². The first-order chi connectivity index (χ1) is 25.8. The predicted molar refractivity (Wildman–Crippen MR) is 216 cm³/mol. The van der Waals surface area contributed by atoms with Crippen molar-refractivity contribution in [2.24, 2.45) is 0 Å². The minimum absolute atomic E-state index is 0.686. The fourth-order valence-electron chi connectivity index (χ4n) is 7.58. The van der Waals surface area contributed by atoms with Crippen LogP contribution in [-0.4, -0.2) is 14.5 Å². The molecule has 244 valence electrons. The number of para-hydroxylation sites is 3. The highest BCUT2D eigenvalue weighted by Gasteiger charge is 2.24. The van der Waals surface area contributed by atoms with E-state index in [0.717, 1.165) is 56.4 Å². The SMILES string of the molecule is C1=Cc2cc(-c3cccc4c3c3ccccc3n4-c3ccccc3)ccc2N(c2cc(-c3ccccc3)nc(-c3ccccc3)n2)c2ccccc21. The highest BCUT2D eigenvalue weighted by Crippen LogP contribution is 2.45. The van der Waals surface area contributed by atoms with Gasteiger partial charge in [-0.2, -0.15) is 0 Å². The van der Waals surface area contributed by atoms with Gasteiger partial charge in [0.15, 0.2) is 5.82 Å². The fourth-order valence-corrected chi connectivity index (χ4v) is 7.58. The summed E-state index contributed by atoms with van der Waals surface area (Å²) in [6.45, 7) is 0. The van der Waals surface area contributed by atoms with Gasteiger partial charge >= 0.3 is 0 Å². The van der Waals surface area contributed by atoms with Crippen LogP contribution in [0, 0.1) is 0 Å². The van der Waals surface area contributed by atoms with Gasteiger partial charge in [-0.1, -0.05) is 146 Å². The fraction of sp³-hybridized carbons (Fsp3) is 0. The third-order valence-corrected chi connectivity index (χ3v) is 9.95. The van der Waals surface area contributed by atoms with E-state index in [9.17, 15) is 0 Å². The second kappa shape index (κ2) is 12.4. The first kappa shape index (κ1) is 29.8. The Kier molecular flexibility index (Phi) is 7.10. The Morgan fingerprint density at radius 3 is 1.90 bits per heavy atom. The van der Waals surface area contributed by atoms with Crippen LogP contribution in [0.25, 0.3) is 73.4 Å². The predicted octanol–water partition coefficient (Wildman–Crippen LogP) is 12.5. The molecule has 0 fully saturated rings. The molecule has 0 unspecified atom stereocenters. The van der Waals surface area contributed by atoms with E-state index in [1.54, 1.807) is 0 Å². The number of rotatable bonds is 5. The highest BCUT2D eigenvalue weighted by atomic mass is 15.2. The number of anilines is 3. The monoisotopic (exact) mass is 664 g/mol. The summed E-state index contributed by atoms with van der Waals surface area (Å²) in [6.07, 6.45) is 4.46. The molecule has 0 radical (unpaired) electrons. The summed E-state index contributed by atoms with van der Waals surface area (Å²) in [7, 11) is 0. The molecule has 52 heavy (non-hydrogen) atoms. The van der Waals surface area contributed by atoms with E-state index in [1.165, 1.54) is 27.4 Å². The van der Waals surface area contributed by atoms with Crippen LogP contribution in [0.3, 0.4) is 0 Å². The summed E-state index contributed by atoms with van der Waals surface area (Å²) in [5, 5.41) is 2.48. The lowest BCUT2D eigenvalue weighted by atomic mass is 9.97. The average molecular weight is 665 g/mol. The van der Waals surface area contributed by atoms with E-state index in [1.807, 2.05) is 24.3 Å². The quantitative estimate of drug-likeness (QED) is 0.184. The number of fused-ring (bicyclic) bond motifs is 5. The normalized spacial score (nSPS) is 12.1. The third-order valence-electron chi connectivity index (χ3n) is 9.95. The Hall–Kier alpha value is -7.04. The van der Waals surface area contributed by atoms with Crippen molar-refractivity contribution in [3.63, 3.8) is 0 Å². The molecule has 0 N–H and O–H groups in total. The molecular weight excluding hydrogens is 633 g/mol. The molecule has 3 heterocycles. The summed E-state index contributed by atoms with van der Waals surface area (Å²) < 4.78 is 2.37. The summed E-state index contributed by atoms with van der Waals surface area (Å²) in [5.41, 5.74) is 13.1. The largest absolute Gasteiger partial charge is 0.309 e. The van der Waals surface area contributed by atoms with Crippen LogP contribution in [0.2, 0.25) is 0 Å². The van der Waals surface area contributed by atoms with Crippen molar-refractivity contribution < 1.29 is 0 Å². The Labute approximate surface area is 302 Å². The summed E-state index contributed by atoms with van der Waals surface area (Å²) in [5.74, 6) is 1.50. The molecule has 0 bridgehead atoms. The Morgan fingerprint density at radius 1 is 0.423 bits per heavy atom. The van der Waals surface area contributed by atoms with Crippen molar-refractivity contribution in [1.82, 2.24) is 14.5 Å². The molecule has 0 aliphatic carbocycles. The number of nitrogens with zero attached hydrogens (tertiary/aromatic N) is 4. The van der Waals surface area contributed by atoms with Crippen LogP contribution >= 0.6 is 0 Å². The van der Waals surface area contributed by atoms with Gasteiger partial charge in [-0.15, -0.1) is 0 Å². The van der Waals surface area contributed by atoms with E-state index in [4.69, 9.17) is 9.97 Å². The van der Waals surface area contributed by atoms with Crippen LogP contribution in [0.15, 0.2) is 182 Å². The Morgan fingerprint density at radius 2 is 1.08 bits per heavy atom. The topological polar surface area (TPSA) is 34.0 Å². The van der Waals surface area contributed by atoms with Crippen molar-refractivity contribution in [2.45, 2.75) is 0 Å². The molecule has 10 rings (SSSR count). The zero-order valence-corrected chi connectivity index (χ0v) is 28.3. The highest BCUT2D eigenvalue weighted by molar-refractivity contribution is 6.16. The lowest BCUT2D eigenvalue weighted by Crippen LogP contribution is -2.14. The Bertz CT molecular complexity index is 2730. The van der Waals surface area contributed by atoms with E-state index in [0.29, 0.717) is 5.82 Å². The molecule has 0 amide bonds. The van der Waals surface area contributed by atoms with Gasteiger partial charge in [-0.3, -0.25) is 4.90 Å². The smallest absolute Gasteiger partial charge is 0.162 e. The number of benzene rings is 7. The van der Waals surface area contributed by atoms with Crippen LogP contribution in [0.4, 0.5) is 17.2 Å². The van der Waals surface area contributed by atoms with E-state index in [2.05, 4.69) is 179 Å². The molecular formula is C48H32N4. The molecule has 4 heteroatoms. The third kappa shape index (κ3) is 5.00. The number of hydrogen-bond acceptors (Lipinski definition) is 3. The van der Waals surface area contributed by atoms with Gasteiger partial charge in [0, 0.05) is 33.7 Å². The van der Waals surface area contributed by atoms with Crippen molar-refractivity contribution in [1.29, 1.82) is 0 Å². The zero-order valence-electron chi connectivity index (χ0n) is 28.3. The molecule has 0 atom stereocenters. The van der Waals surface area contributed by atoms with Crippen LogP contribution in [-0.2, 0) is 0 Å². The first-order valence-electron chi connectivity index (χ1n) is 17.6. The van der Waals surface area contributed by atoms with Gasteiger partial charge in [-0.25, -0.2) is 9.97 Å². The standard InChI is InChI=1S/C48H32N4/c1-4-15-33(16-5-1)41-32-46(50-48(49-41)35-18-6-2-7-19-35)52-42-24-12-10-17-34(42)27-28-37-31-36(29-30-43(37)52)39-23-14-26-45-47(39)40-22-11-13-25-44(40)51(45)38-20-8-3-9-21-38/h1-32H. The molecule has 7 aromatic carbocycles. The van der Waals surface area contributed by atoms with Gasteiger partial charge in [0.1, 0.15) is 5.82 Å². The molecule has 0 saturated heterocycles. The summed E-state index contributed by atoms with van der Waals surface area (Å²) >= 11 is 0. The number of hydrogen-bond donors (Lipinski definition) is 0. The molecule has 0 saturated carbocycles. The molecule has 2 aromatic heterocycles. The van der Waals surface area contributed by atoms with Crippen molar-refractivity contribution in [3.8, 4) is 39.5 Å². The van der Waals surface area contributed by atoms with Crippen molar-refractivity contribution in [3.05, 3.63) is 193 Å². The van der Waals surface area contributed by atoms with Gasteiger partial charge in [0.25, 0.3) is 0 Å². The van der Waals surface area contributed by atoms with Crippen LogP contribution < -0.4 is 4.90 Å². The summed E-state index contributed by atoms with van der Waals surface area (Å²) in [6, 6.07) is 64.1. The maximum atomic E-state index is 5.26. The van der Waals surface area contributed by atoms with E-state index >= 15 is 0 Å². The average Bonchev–Trinajstić information content (AvgIpc) is 3.47. The second-order valence-electron chi connectivity index (χ2n) is 13.1. The van der Waals surface area contributed by atoms with Gasteiger partial charge in [-0.05, 0) is 64.7 Å². The minimum Gasteiger partial charge on any atom is -0.309 e. The molecule has 1 aliphatic heterocycles. The summed E-state index contributed by atoms with van der Waals surface area (Å²) in [4.78, 5) is 12.6. The second-order valence-corrected chi connectivity index (χ2v) is 13.1. The van der Waals surface area contributed by atoms with Crippen LogP contribution in [0.1, 0.15) is 11.1 Å². The van der Waals surface area contributed by atoms with Crippen LogP contribution in [0.5, 0.6) is 0 Å². The van der Waals surface area contributed by atoms with Gasteiger partial charge in [0.2, 0.25) is 0 Å². The lowest BCUT2D eigenvalue weighted by Gasteiger charge is -2.27. The maximum Gasteiger partial charge on any atom is 0.162 e. The minimum atomic E-state index is 0.686. The molecule has 4 nitrogen and oxygen atoms in total. The molecule has 9 aromatic rings. The Balaban J connectivity index is 1.19. The lowest BCUT2D eigenvalue weighted by molar-refractivity contribution is 1.12. The van der Waals surface area contributed by atoms with Gasteiger partial charge in [0.05, 0.1) is 28.1 Å². The van der Waals surface area contributed by atoms with Crippen molar-refractivity contribution in [2.75, 3.05) is 4.90 Å². The van der Waals surface area contributed by atoms with Crippen molar-refractivity contribution >= 4 is 51.2 Å². The molecule has 0 spiro atoms. The molecule has 1 aliphatic rings. The van der Waals surface area contributed by atoms with E-state index in [-0.39, 0.29) is 0 Å².